The van der Waals surface area contributed by atoms with E-state index in [1.165, 1.54) is 6.42 Å². The summed E-state index contributed by atoms with van der Waals surface area (Å²) in [7, 11) is 3.99. The van der Waals surface area contributed by atoms with Gasteiger partial charge in [0.05, 0.1) is 18.2 Å². The lowest BCUT2D eigenvalue weighted by Crippen LogP contribution is -2.49. The second-order valence-corrected chi connectivity index (χ2v) is 9.53. The molecule has 178 valence electrons. The van der Waals surface area contributed by atoms with E-state index < -0.39 is 0 Å². The molecule has 3 atom stereocenters. The average molecular weight is 447 g/mol. The van der Waals surface area contributed by atoms with Gasteiger partial charge in [0.2, 0.25) is 0 Å². The molecule has 0 radical (unpaired) electrons. The molecule has 0 unspecified atom stereocenters. The molecule has 0 saturated heterocycles. The minimum absolute atomic E-state index is 0.0857. The third kappa shape index (κ3) is 6.13. The Morgan fingerprint density at radius 3 is 2.66 bits per heavy atom. The fourth-order valence-corrected chi connectivity index (χ4v) is 4.48. The fraction of sp³-hybridized carbons (Fsp3) is 0.667. The molecule has 3 rings (SSSR count). The van der Waals surface area contributed by atoms with Gasteiger partial charge in [-0.05, 0) is 52.1 Å². The Labute approximate surface area is 191 Å². The zero-order valence-electron chi connectivity index (χ0n) is 19.8. The van der Waals surface area contributed by atoms with Crippen molar-refractivity contribution in [3.63, 3.8) is 0 Å². The Hall–Kier alpha value is -2.32. The van der Waals surface area contributed by atoms with Crippen LogP contribution in [0.3, 0.4) is 0 Å². The number of fused-ring (bicyclic) bond motifs is 1. The summed E-state index contributed by atoms with van der Waals surface area (Å²) >= 11 is 0. The number of hydrogen-bond donors (Lipinski definition) is 3. The molecule has 3 amide bonds. The van der Waals surface area contributed by atoms with Gasteiger partial charge in [-0.15, -0.1) is 0 Å². The second kappa shape index (κ2) is 11.0. The zero-order chi connectivity index (χ0) is 23.3. The molecule has 2 aliphatic rings. The first kappa shape index (κ1) is 24.3. The van der Waals surface area contributed by atoms with E-state index in [2.05, 4.69) is 22.5 Å². The highest BCUT2D eigenvalue weighted by Crippen LogP contribution is 2.30. The van der Waals surface area contributed by atoms with Crippen molar-refractivity contribution in [2.45, 2.75) is 64.1 Å². The van der Waals surface area contributed by atoms with Gasteiger partial charge in [-0.2, -0.15) is 0 Å². The van der Waals surface area contributed by atoms with Crippen LogP contribution in [-0.4, -0.2) is 78.8 Å². The Morgan fingerprint density at radius 1 is 1.28 bits per heavy atom. The summed E-state index contributed by atoms with van der Waals surface area (Å²) in [6, 6.07) is 4.83. The Kier molecular flexibility index (Phi) is 8.37. The maximum atomic E-state index is 13.4. The van der Waals surface area contributed by atoms with E-state index >= 15 is 0 Å². The molecule has 1 aromatic rings. The molecule has 1 heterocycles. The van der Waals surface area contributed by atoms with Gasteiger partial charge in [0.15, 0.2) is 0 Å². The number of rotatable bonds is 6. The molecule has 0 aromatic heterocycles. The first-order chi connectivity index (χ1) is 15.3. The fourth-order valence-electron chi connectivity index (χ4n) is 4.48. The van der Waals surface area contributed by atoms with Crippen molar-refractivity contribution in [1.82, 2.24) is 15.1 Å². The van der Waals surface area contributed by atoms with Gasteiger partial charge in [-0.1, -0.05) is 26.2 Å². The number of amides is 3. The van der Waals surface area contributed by atoms with Gasteiger partial charge in [0, 0.05) is 30.7 Å². The number of ether oxygens (including phenoxy) is 1. The van der Waals surface area contributed by atoms with Crippen LogP contribution in [0.1, 0.15) is 56.3 Å². The lowest BCUT2D eigenvalue weighted by molar-refractivity contribution is 0.0363. The van der Waals surface area contributed by atoms with Gasteiger partial charge in [-0.25, -0.2) is 4.79 Å². The highest BCUT2D eigenvalue weighted by atomic mass is 16.5. The van der Waals surface area contributed by atoms with Crippen LogP contribution >= 0.6 is 0 Å². The summed E-state index contributed by atoms with van der Waals surface area (Å²) in [5, 5.41) is 15.7. The van der Waals surface area contributed by atoms with E-state index in [0.29, 0.717) is 30.1 Å². The van der Waals surface area contributed by atoms with Crippen molar-refractivity contribution >= 4 is 17.6 Å². The number of anilines is 1. The molecule has 1 aliphatic carbocycles. The Bertz CT molecular complexity index is 794. The van der Waals surface area contributed by atoms with Crippen LogP contribution in [0.25, 0.3) is 0 Å². The first-order valence-corrected chi connectivity index (χ1v) is 11.7. The number of hydrogen-bond acceptors (Lipinski definition) is 5. The molecule has 32 heavy (non-hydrogen) atoms. The van der Waals surface area contributed by atoms with E-state index in [9.17, 15) is 14.7 Å². The van der Waals surface area contributed by atoms with Gasteiger partial charge in [-0.3, -0.25) is 4.79 Å². The van der Waals surface area contributed by atoms with Crippen molar-refractivity contribution in [2.75, 3.05) is 39.1 Å². The minimum Gasteiger partial charge on any atom is -0.488 e. The smallest absolute Gasteiger partial charge is 0.319 e. The van der Waals surface area contributed by atoms with E-state index in [1.54, 1.807) is 23.1 Å². The number of aliphatic hydroxyl groups excluding tert-OH is 1. The SMILES string of the molecule is C[C@@H]1CN([C@H](C)CO)C(=O)c2cc(NC(=O)NC3CCCCC3)ccc2O[C@@H]1CN(C)C. The molecule has 0 spiro atoms. The first-order valence-electron chi connectivity index (χ1n) is 11.7. The van der Waals surface area contributed by atoms with E-state index in [0.717, 1.165) is 25.7 Å². The topological polar surface area (TPSA) is 94.1 Å². The molecular formula is C24H38N4O4. The van der Waals surface area contributed by atoms with Gasteiger partial charge >= 0.3 is 6.03 Å². The number of benzene rings is 1. The predicted molar refractivity (Wildman–Crippen MR) is 125 cm³/mol. The monoisotopic (exact) mass is 446 g/mol. The van der Waals surface area contributed by atoms with Crippen LogP contribution in [0.2, 0.25) is 0 Å². The molecule has 1 fully saturated rings. The predicted octanol–water partition coefficient (Wildman–Crippen LogP) is 2.92. The van der Waals surface area contributed by atoms with Crippen molar-refractivity contribution in [1.29, 1.82) is 0 Å². The van der Waals surface area contributed by atoms with Crippen molar-refractivity contribution in [3.05, 3.63) is 23.8 Å². The Morgan fingerprint density at radius 2 is 2.00 bits per heavy atom. The number of nitrogens with zero attached hydrogens (tertiary/aromatic N) is 2. The minimum atomic E-state index is -0.317. The van der Waals surface area contributed by atoms with Gasteiger partial charge < -0.3 is 30.3 Å². The van der Waals surface area contributed by atoms with Crippen LogP contribution in [-0.2, 0) is 0 Å². The number of nitrogens with one attached hydrogen (secondary N) is 2. The third-order valence-electron chi connectivity index (χ3n) is 6.41. The lowest BCUT2D eigenvalue weighted by Gasteiger charge is -2.37. The molecule has 0 bridgehead atoms. The maximum absolute atomic E-state index is 13.4. The average Bonchev–Trinajstić information content (AvgIpc) is 2.76. The summed E-state index contributed by atoms with van der Waals surface area (Å²) in [6.07, 6.45) is 5.40. The van der Waals surface area contributed by atoms with Gasteiger partial charge in [0.1, 0.15) is 11.9 Å². The molecule has 1 aromatic carbocycles. The highest BCUT2D eigenvalue weighted by molar-refractivity contribution is 5.99. The molecular weight excluding hydrogens is 408 g/mol. The molecule has 8 heteroatoms. The van der Waals surface area contributed by atoms with Crippen LogP contribution < -0.4 is 15.4 Å². The van der Waals surface area contributed by atoms with Crippen LogP contribution in [0.4, 0.5) is 10.5 Å². The zero-order valence-corrected chi connectivity index (χ0v) is 19.8. The number of carbonyl (C=O) groups excluding carboxylic acids is 2. The quantitative estimate of drug-likeness (QED) is 0.625. The van der Waals surface area contributed by atoms with Crippen molar-refractivity contribution < 1.29 is 19.4 Å². The summed E-state index contributed by atoms with van der Waals surface area (Å²) in [5.41, 5.74) is 0.944. The van der Waals surface area contributed by atoms with E-state index in [1.807, 2.05) is 21.0 Å². The van der Waals surface area contributed by atoms with Crippen LogP contribution in [0, 0.1) is 5.92 Å². The Balaban J connectivity index is 1.84. The maximum Gasteiger partial charge on any atom is 0.319 e. The van der Waals surface area contributed by atoms with Crippen LogP contribution in [0.15, 0.2) is 18.2 Å². The van der Waals surface area contributed by atoms with Gasteiger partial charge in [0.25, 0.3) is 5.91 Å². The van der Waals surface area contributed by atoms with E-state index in [4.69, 9.17) is 4.74 Å². The molecule has 1 aliphatic heterocycles. The largest absolute Gasteiger partial charge is 0.488 e. The van der Waals surface area contributed by atoms with E-state index in [-0.39, 0.29) is 42.7 Å². The molecule has 8 nitrogen and oxygen atoms in total. The molecule has 3 N–H and O–H groups in total. The standard InChI is InChI=1S/C24H38N4O4/c1-16-13-28(17(2)15-29)23(30)20-12-19(10-11-21(20)32-22(16)14-27(3)4)26-24(31)25-18-8-6-5-7-9-18/h10-12,16-18,22,29H,5-9,13-15H2,1-4H3,(H2,25,26,31)/t16-,17-,22-/m1/s1. The molecule has 1 saturated carbocycles. The number of aliphatic hydroxyl groups is 1. The van der Waals surface area contributed by atoms with Crippen molar-refractivity contribution in [2.24, 2.45) is 5.92 Å². The summed E-state index contributed by atoms with van der Waals surface area (Å²) in [5.74, 6) is 0.386. The normalized spacial score (nSPS) is 23.1. The number of carbonyl (C=O) groups is 2. The highest BCUT2D eigenvalue weighted by Gasteiger charge is 2.33. The summed E-state index contributed by atoms with van der Waals surface area (Å²) in [6.45, 7) is 4.98. The lowest BCUT2D eigenvalue weighted by atomic mass is 9.96. The third-order valence-corrected chi connectivity index (χ3v) is 6.41. The van der Waals surface area contributed by atoms with Crippen LogP contribution in [0.5, 0.6) is 5.75 Å². The summed E-state index contributed by atoms with van der Waals surface area (Å²) in [4.78, 5) is 29.7. The summed E-state index contributed by atoms with van der Waals surface area (Å²) < 4.78 is 6.29. The number of likely N-dealkylation sites (N-methyl/N-ethyl adjacent to an activating group) is 1. The van der Waals surface area contributed by atoms with Crippen molar-refractivity contribution in [3.8, 4) is 5.75 Å². The second-order valence-electron chi connectivity index (χ2n) is 9.53. The number of urea groups is 1.